The maximum atomic E-state index is 14.3. The molecule has 0 saturated carbocycles. The molecule has 0 aromatic heterocycles. The molecule has 2 aliphatic rings. The molecule has 0 saturated heterocycles. The fourth-order valence-electron chi connectivity index (χ4n) is 3.28. The third kappa shape index (κ3) is 4.48. The number of rotatable bonds is 9. The van der Waals surface area contributed by atoms with E-state index in [-0.39, 0.29) is 24.9 Å². The number of benzene rings is 2. The van der Waals surface area contributed by atoms with E-state index in [9.17, 15) is 13.4 Å². The van der Waals surface area contributed by atoms with Gasteiger partial charge in [0.15, 0.2) is 0 Å². The van der Waals surface area contributed by atoms with E-state index in [1.165, 1.54) is 25.3 Å². The number of methoxy groups -OCH3 is 1. The van der Waals surface area contributed by atoms with Crippen molar-refractivity contribution in [3.63, 3.8) is 0 Å². The Morgan fingerprint density at radius 3 is 2.88 bits per heavy atom. The molecule has 168 valence electrons. The van der Waals surface area contributed by atoms with Gasteiger partial charge in [0.25, 0.3) is 0 Å². The molecular formula is C21H22FN5O4S. The lowest BCUT2D eigenvalue weighted by atomic mass is 10.1. The molecule has 2 aliphatic heterocycles. The largest absolute Gasteiger partial charge is 0.457 e. The van der Waals surface area contributed by atoms with Gasteiger partial charge in [-0.15, -0.1) is 0 Å². The van der Waals surface area contributed by atoms with Gasteiger partial charge >= 0.3 is 0 Å². The van der Waals surface area contributed by atoms with Gasteiger partial charge in [-0.25, -0.2) is 17.9 Å². The van der Waals surface area contributed by atoms with Gasteiger partial charge in [-0.05, 0) is 37.3 Å². The Kier molecular flexibility index (Phi) is 6.47. The number of nitrogens with one attached hydrogen (secondary N) is 1. The third-order valence-electron chi connectivity index (χ3n) is 4.97. The molecular weight excluding hydrogens is 437 g/mol. The molecule has 1 amide bonds. The van der Waals surface area contributed by atoms with E-state index < -0.39 is 17.0 Å². The van der Waals surface area contributed by atoms with Crippen LogP contribution in [0.4, 0.5) is 15.8 Å². The zero-order valence-corrected chi connectivity index (χ0v) is 18.3. The van der Waals surface area contributed by atoms with Crippen LogP contribution in [0.25, 0.3) is 0 Å². The van der Waals surface area contributed by atoms with Crippen LogP contribution in [-0.4, -0.2) is 64.8 Å². The first kappa shape index (κ1) is 21.9. The second-order valence-electron chi connectivity index (χ2n) is 7.18. The molecule has 4 rings (SSSR count). The lowest BCUT2D eigenvalue weighted by Gasteiger charge is -2.25. The Labute approximate surface area is 187 Å². The SMILES string of the molecule is COCCN(C=O)S(=O)Nc1cc(Oc2ccc3c(c2)C2=NCC(C)N2C=N3)ccc1F. The van der Waals surface area contributed by atoms with Gasteiger partial charge in [0, 0.05) is 18.7 Å². The number of aliphatic imine (C=N–C) groups is 2. The van der Waals surface area contributed by atoms with Crippen molar-refractivity contribution in [2.75, 3.05) is 31.5 Å². The highest BCUT2D eigenvalue weighted by molar-refractivity contribution is 7.84. The lowest BCUT2D eigenvalue weighted by Crippen LogP contribution is -2.35. The first-order chi connectivity index (χ1) is 15.5. The number of anilines is 1. The summed E-state index contributed by atoms with van der Waals surface area (Å²) >= 11 is -1.98. The number of amides is 1. The van der Waals surface area contributed by atoms with Gasteiger partial charge < -0.3 is 14.4 Å². The highest BCUT2D eigenvalue weighted by Gasteiger charge is 2.28. The Balaban J connectivity index is 1.52. The van der Waals surface area contributed by atoms with Crippen LogP contribution in [0, 0.1) is 5.82 Å². The second kappa shape index (κ2) is 9.45. The highest BCUT2D eigenvalue weighted by Crippen LogP contribution is 2.34. The van der Waals surface area contributed by atoms with Crippen LogP contribution in [0.1, 0.15) is 12.5 Å². The van der Waals surface area contributed by atoms with E-state index >= 15 is 0 Å². The summed E-state index contributed by atoms with van der Waals surface area (Å²) in [6, 6.07) is 9.72. The molecule has 2 aromatic carbocycles. The first-order valence-electron chi connectivity index (χ1n) is 9.88. The van der Waals surface area contributed by atoms with Gasteiger partial charge in [0.05, 0.1) is 43.5 Å². The van der Waals surface area contributed by atoms with Crippen molar-refractivity contribution in [2.24, 2.45) is 9.98 Å². The standard InChI is InChI=1S/C21H22FN5O4S/c1-14-11-23-21-17-9-15(4-6-19(17)24-12-27(14)21)31-16-3-5-18(22)20(10-16)25-32(29)26(13-28)7-8-30-2/h3-6,9-10,12-14,25H,7-8,11H2,1-2H3. The molecule has 1 N–H and O–H groups in total. The predicted molar refractivity (Wildman–Crippen MR) is 120 cm³/mol. The summed E-state index contributed by atoms with van der Waals surface area (Å²) in [7, 11) is 1.46. The minimum absolute atomic E-state index is 0.0622. The number of amidine groups is 1. The summed E-state index contributed by atoms with van der Waals surface area (Å²) in [5, 5.41) is 0. The van der Waals surface area contributed by atoms with Gasteiger partial charge in [0.2, 0.25) is 17.6 Å². The molecule has 2 heterocycles. The summed E-state index contributed by atoms with van der Waals surface area (Å²) in [4.78, 5) is 22.2. The van der Waals surface area contributed by atoms with Gasteiger partial charge in [-0.2, -0.15) is 0 Å². The number of carbonyl (C=O) groups is 1. The van der Waals surface area contributed by atoms with Crippen LogP contribution < -0.4 is 9.46 Å². The van der Waals surface area contributed by atoms with Crippen molar-refractivity contribution >= 4 is 41.1 Å². The van der Waals surface area contributed by atoms with Crippen molar-refractivity contribution in [1.82, 2.24) is 9.21 Å². The van der Waals surface area contributed by atoms with Gasteiger partial charge in [0.1, 0.15) is 23.2 Å². The maximum absolute atomic E-state index is 14.3. The van der Waals surface area contributed by atoms with Crippen LogP contribution in [0.2, 0.25) is 0 Å². The van der Waals surface area contributed by atoms with Crippen LogP contribution in [0.5, 0.6) is 11.5 Å². The minimum atomic E-state index is -1.98. The normalized spacial score (nSPS) is 17.3. The fraction of sp³-hybridized carbons (Fsp3) is 0.286. The predicted octanol–water partition coefficient (Wildman–Crippen LogP) is 2.84. The topological polar surface area (TPSA) is 95.8 Å². The number of nitrogens with zero attached hydrogens (tertiary/aromatic N) is 4. The molecule has 0 fully saturated rings. The van der Waals surface area contributed by atoms with Crippen molar-refractivity contribution in [2.45, 2.75) is 13.0 Å². The molecule has 2 aromatic rings. The fourth-order valence-corrected chi connectivity index (χ4v) is 4.06. The van der Waals surface area contributed by atoms with Gasteiger partial charge in [-0.3, -0.25) is 14.5 Å². The molecule has 2 atom stereocenters. The van der Waals surface area contributed by atoms with E-state index in [0.717, 1.165) is 21.4 Å². The quantitative estimate of drug-likeness (QED) is 0.582. The van der Waals surface area contributed by atoms with E-state index in [1.54, 1.807) is 12.4 Å². The summed E-state index contributed by atoms with van der Waals surface area (Å²) in [5.74, 6) is 1.07. The second-order valence-corrected chi connectivity index (χ2v) is 8.35. The van der Waals surface area contributed by atoms with Crippen molar-refractivity contribution in [1.29, 1.82) is 0 Å². The number of hydrogen-bond acceptors (Lipinski definition) is 7. The highest BCUT2D eigenvalue weighted by atomic mass is 32.2. The Morgan fingerprint density at radius 2 is 2.09 bits per heavy atom. The summed E-state index contributed by atoms with van der Waals surface area (Å²) in [6.07, 6.45) is 2.19. The maximum Gasteiger partial charge on any atom is 0.225 e. The Hall–Kier alpha value is -3.31. The molecule has 0 bridgehead atoms. The molecule has 0 aliphatic carbocycles. The zero-order chi connectivity index (χ0) is 22.7. The van der Waals surface area contributed by atoms with E-state index in [4.69, 9.17) is 9.47 Å². The van der Waals surface area contributed by atoms with E-state index in [0.29, 0.717) is 24.5 Å². The number of carbonyl (C=O) groups excluding carboxylic acids is 1. The van der Waals surface area contributed by atoms with Gasteiger partial charge in [-0.1, -0.05) is 0 Å². The summed E-state index contributed by atoms with van der Waals surface area (Å²) in [5.41, 5.74) is 1.59. The Morgan fingerprint density at radius 1 is 1.31 bits per heavy atom. The van der Waals surface area contributed by atoms with E-state index in [1.807, 2.05) is 17.0 Å². The molecule has 2 unspecified atom stereocenters. The van der Waals surface area contributed by atoms with Crippen LogP contribution in [0.3, 0.4) is 0 Å². The lowest BCUT2D eigenvalue weighted by molar-refractivity contribution is -0.114. The molecule has 32 heavy (non-hydrogen) atoms. The molecule has 0 spiro atoms. The summed E-state index contributed by atoms with van der Waals surface area (Å²) < 4.78 is 40.9. The number of hydrogen-bond donors (Lipinski definition) is 1. The van der Waals surface area contributed by atoms with Crippen LogP contribution >= 0.6 is 0 Å². The Bertz CT molecular complexity index is 1110. The van der Waals surface area contributed by atoms with Crippen molar-refractivity contribution < 1.29 is 22.9 Å². The molecule has 9 nitrogen and oxygen atoms in total. The minimum Gasteiger partial charge on any atom is -0.457 e. The first-order valence-corrected chi connectivity index (χ1v) is 11.0. The number of ether oxygens (including phenoxy) is 2. The van der Waals surface area contributed by atoms with Crippen molar-refractivity contribution in [3.05, 3.63) is 47.8 Å². The van der Waals surface area contributed by atoms with E-state index in [2.05, 4.69) is 21.6 Å². The monoisotopic (exact) mass is 459 g/mol. The van der Waals surface area contributed by atoms with Crippen molar-refractivity contribution in [3.8, 4) is 11.5 Å². The molecule has 0 radical (unpaired) electrons. The molecule has 11 heteroatoms. The van der Waals surface area contributed by atoms with Crippen LogP contribution in [0.15, 0.2) is 46.4 Å². The third-order valence-corrected chi connectivity index (χ3v) is 6.06. The average molecular weight is 460 g/mol. The zero-order valence-electron chi connectivity index (χ0n) is 17.5. The number of fused-ring (bicyclic) bond motifs is 3. The van der Waals surface area contributed by atoms with Crippen LogP contribution in [-0.2, 0) is 20.7 Å². The summed E-state index contributed by atoms with van der Waals surface area (Å²) in [6.45, 7) is 3.06. The average Bonchev–Trinajstić information content (AvgIpc) is 3.18. The number of halogens is 1. The smallest absolute Gasteiger partial charge is 0.225 e.